The topological polar surface area (TPSA) is 15.3 Å². The zero-order valence-corrected chi connectivity index (χ0v) is 11.4. The smallest absolute Gasteiger partial charge is 0.123 e. The molecule has 1 N–H and O–H groups in total. The zero-order valence-electron chi connectivity index (χ0n) is 11.4. The van der Waals surface area contributed by atoms with E-state index in [2.05, 4.69) is 24.1 Å². The molecule has 1 aromatic rings. The average molecular weight is 250 g/mol. The van der Waals surface area contributed by atoms with Crippen LogP contribution in [-0.4, -0.2) is 19.6 Å². The lowest BCUT2D eigenvalue weighted by molar-refractivity contribution is 0.557. The van der Waals surface area contributed by atoms with Gasteiger partial charge in [0.05, 0.1) is 0 Å². The predicted octanol–water partition coefficient (Wildman–Crippen LogP) is 3.49. The van der Waals surface area contributed by atoms with E-state index >= 15 is 0 Å². The fraction of sp³-hybridized carbons (Fsp3) is 0.600. The molecule has 0 aromatic heterocycles. The Hall–Kier alpha value is -1.09. The fourth-order valence-corrected chi connectivity index (χ4v) is 2.71. The molecule has 1 aliphatic heterocycles. The van der Waals surface area contributed by atoms with Crippen molar-refractivity contribution in [2.75, 3.05) is 24.5 Å². The maximum Gasteiger partial charge on any atom is 0.123 e. The molecule has 100 valence electrons. The third kappa shape index (κ3) is 3.02. The quantitative estimate of drug-likeness (QED) is 0.880. The second-order valence-electron chi connectivity index (χ2n) is 5.03. The summed E-state index contributed by atoms with van der Waals surface area (Å²) in [6.45, 7) is 7.27. The number of nitrogens with zero attached hydrogens (tertiary/aromatic N) is 1. The Morgan fingerprint density at radius 3 is 2.67 bits per heavy atom. The first-order chi connectivity index (χ1) is 8.72. The second-order valence-corrected chi connectivity index (χ2v) is 5.03. The van der Waals surface area contributed by atoms with Crippen molar-refractivity contribution in [3.8, 4) is 0 Å². The molecule has 0 radical (unpaired) electrons. The van der Waals surface area contributed by atoms with Gasteiger partial charge < -0.3 is 10.2 Å². The van der Waals surface area contributed by atoms with Crippen molar-refractivity contribution in [1.29, 1.82) is 0 Å². The third-order valence-electron chi connectivity index (χ3n) is 3.66. The van der Waals surface area contributed by atoms with Crippen LogP contribution in [0.5, 0.6) is 0 Å². The molecule has 0 spiro atoms. The minimum atomic E-state index is -0.143. The molecule has 1 heterocycles. The van der Waals surface area contributed by atoms with Crippen molar-refractivity contribution in [3.05, 3.63) is 29.6 Å². The molecule has 1 saturated heterocycles. The molecule has 1 aromatic carbocycles. The van der Waals surface area contributed by atoms with Gasteiger partial charge in [0, 0.05) is 24.8 Å². The van der Waals surface area contributed by atoms with Gasteiger partial charge >= 0.3 is 0 Å². The maximum atomic E-state index is 13.5. The third-order valence-corrected chi connectivity index (χ3v) is 3.66. The second kappa shape index (κ2) is 6.19. The zero-order chi connectivity index (χ0) is 13.0. The van der Waals surface area contributed by atoms with Gasteiger partial charge in [-0.15, -0.1) is 0 Å². The van der Waals surface area contributed by atoms with Gasteiger partial charge in [0.25, 0.3) is 0 Å². The van der Waals surface area contributed by atoms with Crippen LogP contribution in [0.2, 0.25) is 0 Å². The molecule has 2 nitrogen and oxygen atoms in total. The first-order valence-corrected chi connectivity index (χ1v) is 7.00. The van der Waals surface area contributed by atoms with Crippen LogP contribution in [0.15, 0.2) is 18.2 Å². The van der Waals surface area contributed by atoms with E-state index in [4.69, 9.17) is 0 Å². The van der Waals surface area contributed by atoms with Crippen LogP contribution in [0.4, 0.5) is 10.1 Å². The van der Waals surface area contributed by atoms with Crippen LogP contribution >= 0.6 is 0 Å². The fourth-order valence-electron chi connectivity index (χ4n) is 2.71. The minimum Gasteiger partial charge on any atom is -0.371 e. The maximum absolute atomic E-state index is 13.5. The standard InChI is InChI=1S/C15H23FN2/c1-3-17-12(2)14-11-13(16)7-8-15(14)18-9-5-4-6-10-18/h7-8,11-12,17H,3-6,9-10H2,1-2H3. The molecule has 0 aliphatic carbocycles. The highest BCUT2D eigenvalue weighted by Crippen LogP contribution is 2.29. The Kier molecular flexibility index (Phi) is 4.59. The molecular weight excluding hydrogens is 227 g/mol. The molecule has 1 atom stereocenters. The highest BCUT2D eigenvalue weighted by atomic mass is 19.1. The van der Waals surface area contributed by atoms with Gasteiger partial charge in [-0.25, -0.2) is 4.39 Å². The van der Waals surface area contributed by atoms with E-state index in [0.717, 1.165) is 25.2 Å². The number of benzene rings is 1. The van der Waals surface area contributed by atoms with Crippen molar-refractivity contribution >= 4 is 5.69 Å². The van der Waals surface area contributed by atoms with E-state index in [1.54, 1.807) is 12.1 Å². The van der Waals surface area contributed by atoms with Crippen LogP contribution in [-0.2, 0) is 0 Å². The number of hydrogen-bond donors (Lipinski definition) is 1. The molecule has 0 amide bonds. The monoisotopic (exact) mass is 250 g/mol. The van der Waals surface area contributed by atoms with Crippen molar-refractivity contribution in [3.63, 3.8) is 0 Å². The number of hydrogen-bond acceptors (Lipinski definition) is 2. The van der Waals surface area contributed by atoms with E-state index < -0.39 is 0 Å². The normalized spacial score (nSPS) is 17.8. The largest absolute Gasteiger partial charge is 0.371 e. The minimum absolute atomic E-state index is 0.143. The van der Waals surface area contributed by atoms with Gasteiger partial charge in [-0.2, -0.15) is 0 Å². The Balaban J connectivity index is 2.27. The number of piperidine rings is 1. The molecule has 18 heavy (non-hydrogen) atoms. The summed E-state index contributed by atoms with van der Waals surface area (Å²) in [5.74, 6) is -0.143. The van der Waals surface area contributed by atoms with E-state index in [1.165, 1.54) is 24.9 Å². The van der Waals surface area contributed by atoms with Crippen LogP contribution in [0.1, 0.15) is 44.7 Å². The average Bonchev–Trinajstić information content (AvgIpc) is 2.40. The predicted molar refractivity (Wildman–Crippen MR) is 74.6 cm³/mol. The molecule has 3 heteroatoms. The van der Waals surface area contributed by atoms with Gasteiger partial charge in [0.15, 0.2) is 0 Å². The summed E-state index contributed by atoms with van der Waals surface area (Å²) < 4.78 is 13.5. The summed E-state index contributed by atoms with van der Waals surface area (Å²) in [6, 6.07) is 5.38. The first kappa shape index (κ1) is 13.3. The number of anilines is 1. The Morgan fingerprint density at radius 2 is 2.00 bits per heavy atom. The van der Waals surface area contributed by atoms with Gasteiger partial charge in [-0.1, -0.05) is 6.92 Å². The lowest BCUT2D eigenvalue weighted by atomic mass is 10.0. The lowest BCUT2D eigenvalue weighted by Crippen LogP contribution is -2.31. The van der Waals surface area contributed by atoms with E-state index in [9.17, 15) is 4.39 Å². The summed E-state index contributed by atoms with van der Waals surface area (Å²) in [7, 11) is 0. The molecule has 2 rings (SSSR count). The first-order valence-electron chi connectivity index (χ1n) is 7.00. The molecule has 0 bridgehead atoms. The van der Waals surface area contributed by atoms with Crippen molar-refractivity contribution in [1.82, 2.24) is 5.32 Å². The summed E-state index contributed by atoms with van der Waals surface area (Å²) in [5, 5.41) is 3.38. The Labute approximate surface area is 109 Å². The molecule has 0 saturated carbocycles. The van der Waals surface area contributed by atoms with Crippen LogP contribution < -0.4 is 10.2 Å². The SMILES string of the molecule is CCNC(C)c1cc(F)ccc1N1CCCCC1. The van der Waals surface area contributed by atoms with E-state index in [-0.39, 0.29) is 11.9 Å². The van der Waals surface area contributed by atoms with E-state index in [0.29, 0.717) is 0 Å². The van der Waals surface area contributed by atoms with Crippen molar-refractivity contribution in [2.24, 2.45) is 0 Å². The summed E-state index contributed by atoms with van der Waals surface area (Å²) in [6.07, 6.45) is 3.80. The highest BCUT2D eigenvalue weighted by Gasteiger charge is 2.17. The van der Waals surface area contributed by atoms with Crippen LogP contribution in [0.3, 0.4) is 0 Å². The number of rotatable bonds is 4. The van der Waals surface area contributed by atoms with Crippen molar-refractivity contribution in [2.45, 2.75) is 39.2 Å². The van der Waals surface area contributed by atoms with Gasteiger partial charge in [-0.05, 0) is 56.5 Å². The summed E-state index contributed by atoms with van der Waals surface area (Å²) in [4.78, 5) is 2.39. The highest BCUT2D eigenvalue weighted by molar-refractivity contribution is 5.55. The van der Waals surface area contributed by atoms with Gasteiger partial charge in [0.2, 0.25) is 0 Å². The van der Waals surface area contributed by atoms with Crippen LogP contribution in [0, 0.1) is 5.82 Å². The summed E-state index contributed by atoms with van der Waals surface area (Å²) >= 11 is 0. The Morgan fingerprint density at radius 1 is 1.28 bits per heavy atom. The van der Waals surface area contributed by atoms with Gasteiger partial charge in [-0.3, -0.25) is 0 Å². The Bertz CT molecular complexity index is 386. The van der Waals surface area contributed by atoms with Crippen molar-refractivity contribution < 1.29 is 4.39 Å². The molecular formula is C15H23FN2. The van der Waals surface area contributed by atoms with Crippen LogP contribution in [0.25, 0.3) is 0 Å². The molecule has 1 unspecified atom stereocenters. The lowest BCUT2D eigenvalue weighted by Gasteiger charge is -2.32. The number of nitrogens with one attached hydrogen (secondary N) is 1. The molecule has 1 aliphatic rings. The molecule has 1 fully saturated rings. The van der Waals surface area contributed by atoms with E-state index in [1.807, 2.05) is 6.07 Å². The van der Waals surface area contributed by atoms with Gasteiger partial charge in [0.1, 0.15) is 5.82 Å². The number of halogens is 1. The summed E-state index contributed by atoms with van der Waals surface area (Å²) in [5.41, 5.74) is 2.28.